The zero-order chi connectivity index (χ0) is 14.9. The Morgan fingerprint density at radius 3 is 2.76 bits per heavy atom. The Labute approximate surface area is 125 Å². The molecule has 2 aliphatic rings. The molecule has 1 aliphatic heterocycles. The van der Waals surface area contributed by atoms with Crippen molar-refractivity contribution in [2.24, 2.45) is 0 Å². The van der Waals surface area contributed by atoms with Gasteiger partial charge in [0.2, 0.25) is 0 Å². The zero-order valence-corrected chi connectivity index (χ0v) is 12.7. The van der Waals surface area contributed by atoms with E-state index in [4.69, 9.17) is 0 Å². The van der Waals surface area contributed by atoms with E-state index in [1.54, 1.807) is 0 Å². The van der Waals surface area contributed by atoms with Crippen molar-refractivity contribution in [1.29, 1.82) is 0 Å². The molecule has 1 unspecified atom stereocenters. The smallest absolute Gasteiger partial charge is 0.127 e. The Hall–Kier alpha value is -1.00. The topological polar surface area (TPSA) is 15.3 Å². The molecule has 2 nitrogen and oxygen atoms in total. The molecule has 1 N–H and O–H groups in total. The van der Waals surface area contributed by atoms with E-state index in [2.05, 4.69) is 17.1 Å². The number of hydrogen-bond acceptors (Lipinski definition) is 2. The van der Waals surface area contributed by atoms with Gasteiger partial charge in [-0.15, -0.1) is 0 Å². The van der Waals surface area contributed by atoms with Crippen molar-refractivity contribution >= 4 is 0 Å². The van der Waals surface area contributed by atoms with Gasteiger partial charge < -0.3 is 5.32 Å². The van der Waals surface area contributed by atoms with Gasteiger partial charge in [0.05, 0.1) is 0 Å². The molecule has 3 rings (SSSR count). The molecule has 1 aromatic carbocycles. The van der Waals surface area contributed by atoms with Crippen LogP contribution in [0.1, 0.15) is 44.6 Å². The van der Waals surface area contributed by atoms with Crippen LogP contribution in [0.4, 0.5) is 8.78 Å². The van der Waals surface area contributed by atoms with E-state index >= 15 is 0 Å². The molecule has 0 radical (unpaired) electrons. The van der Waals surface area contributed by atoms with E-state index in [0.717, 1.165) is 19.5 Å². The highest BCUT2D eigenvalue weighted by molar-refractivity contribution is 5.19. The third-order valence-corrected chi connectivity index (χ3v) is 5.15. The van der Waals surface area contributed by atoms with E-state index in [-0.39, 0.29) is 17.2 Å². The molecule has 4 heteroatoms. The Morgan fingerprint density at radius 2 is 2.05 bits per heavy atom. The summed E-state index contributed by atoms with van der Waals surface area (Å²) >= 11 is 0. The summed E-state index contributed by atoms with van der Waals surface area (Å²) in [5.74, 6) is -0.657. The van der Waals surface area contributed by atoms with Crippen molar-refractivity contribution in [2.75, 3.05) is 13.1 Å². The number of piperazine rings is 1. The summed E-state index contributed by atoms with van der Waals surface area (Å²) in [6, 6.07) is 4.16. The number of halogens is 2. The summed E-state index contributed by atoms with van der Waals surface area (Å²) in [6.45, 7) is 4.56. The summed E-state index contributed by atoms with van der Waals surface area (Å²) in [4.78, 5) is 2.35. The van der Waals surface area contributed by atoms with Crippen molar-refractivity contribution in [3.63, 3.8) is 0 Å². The van der Waals surface area contributed by atoms with Crippen molar-refractivity contribution in [1.82, 2.24) is 10.2 Å². The van der Waals surface area contributed by atoms with Gasteiger partial charge in [-0.05, 0) is 37.5 Å². The molecule has 1 aromatic rings. The lowest BCUT2D eigenvalue weighted by Gasteiger charge is -2.46. The van der Waals surface area contributed by atoms with Crippen LogP contribution in [0.25, 0.3) is 0 Å². The Bertz CT molecular complexity index is 498. The Balaban J connectivity index is 1.78. The monoisotopic (exact) mass is 294 g/mol. The molecule has 1 aliphatic carbocycles. The van der Waals surface area contributed by atoms with Gasteiger partial charge in [-0.25, -0.2) is 8.78 Å². The first kappa shape index (κ1) is 14.9. The first-order valence-electron chi connectivity index (χ1n) is 8.05. The molecule has 0 amide bonds. The number of benzene rings is 1. The van der Waals surface area contributed by atoms with Crippen molar-refractivity contribution in [3.8, 4) is 0 Å². The predicted molar refractivity (Wildman–Crippen MR) is 80.0 cm³/mol. The molecule has 1 saturated carbocycles. The summed E-state index contributed by atoms with van der Waals surface area (Å²) in [7, 11) is 0. The standard InChI is InChI=1S/C17H24F2N2/c1-2-15-10-20-17(7-3-4-8-17)12-21(15)11-13-9-14(18)5-6-16(13)19/h5-6,9,15,20H,2-4,7-8,10-12H2,1H3. The van der Waals surface area contributed by atoms with Crippen LogP contribution in [0.3, 0.4) is 0 Å². The summed E-state index contributed by atoms with van der Waals surface area (Å²) in [6.07, 6.45) is 5.97. The highest BCUT2D eigenvalue weighted by Crippen LogP contribution is 2.34. The average Bonchev–Trinajstić information content (AvgIpc) is 2.91. The van der Waals surface area contributed by atoms with Crippen LogP contribution in [0.2, 0.25) is 0 Å². The fraction of sp³-hybridized carbons (Fsp3) is 0.647. The van der Waals surface area contributed by atoms with Crippen LogP contribution in [0.15, 0.2) is 18.2 Å². The van der Waals surface area contributed by atoms with Gasteiger partial charge in [-0.2, -0.15) is 0 Å². The largest absolute Gasteiger partial charge is 0.308 e. The van der Waals surface area contributed by atoms with Gasteiger partial charge in [0.15, 0.2) is 0 Å². The third-order valence-electron chi connectivity index (χ3n) is 5.15. The number of hydrogen-bond donors (Lipinski definition) is 1. The summed E-state index contributed by atoms with van der Waals surface area (Å²) in [5.41, 5.74) is 0.679. The average molecular weight is 294 g/mol. The van der Waals surface area contributed by atoms with Gasteiger partial charge >= 0.3 is 0 Å². The van der Waals surface area contributed by atoms with E-state index in [9.17, 15) is 8.78 Å². The maximum Gasteiger partial charge on any atom is 0.127 e. The lowest BCUT2D eigenvalue weighted by atomic mass is 9.91. The molecular formula is C17H24F2N2. The molecule has 1 atom stereocenters. The van der Waals surface area contributed by atoms with E-state index < -0.39 is 0 Å². The van der Waals surface area contributed by atoms with Crippen LogP contribution in [-0.4, -0.2) is 29.6 Å². The second-order valence-electron chi connectivity index (χ2n) is 6.57. The lowest BCUT2D eigenvalue weighted by molar-refractivity contribution is 0.0708. The maximum absolute atomic E-state index is 13.9. The maximum atomic E-state index is 13.9. The third kappa shape index (κ3) is 3.11. The van der Waals surface area contributed by atoms with Gasteiger partial charge in [-0.1, -0.05) is 19.8 Å². The highest BCUT2D eigenvalue weighted by Gasteiger charge is 2.40. The minimum absolute atomic E-state index is 0.204. The van der Waals surface area contributed by atoms with Crippen LogP contribution in [0, 0.1) is 11.6 Å². The molecule has 21 heavy (non-hydrogen) atoms. The lowest BCUT2D eigenvalue weighted by Crippen LogP contribution is -2.62. The van der Waals surface area contributed by atoms with E-state index in [1.165, 1.54) is 43.9 Å². The first-order valence-corrected chi connectivity index (χ1v) is 8.05. The van der Waals surface area contributed by atoms with Gasteiger partial charge in [-0.3, -0.25) is 4.90 Å². The quantitative estimate of drug-likeness (QED) is 0.918. The molecular weight excluding hydrogens is 270 g/mol. The number of nitrogens with zero attached hydrogens (tertiary/aromatic N) is 1. The van der Waals surface area contributed by atoms with Crippen LogP contribution in [0.5, 0.6) is 0 Å². The zero-order valence-electron chi connectivity index (χ0n) is 12.7. The fourth-order valence-corrected chi connectivity index (χ4v) is 3.89. The number of rotatable bonds is 3. The summed E-state index contributed by atoms with van der Waals surface area (Å²) in [5, 5.41) is 3.73. The second kappa shape index (κ2) is 6.01. The van der Waals surface area contributed by atoms with Gasteiger partial charge in [0, 0.05) is 36.8 Å². The Morgan fingerprint density at radius 1 is 1.29 bits per heavy atom. The van der Waals surface area contributed by atoms with E-state index in [0.29, 0.717) is 18.2 Å². The Kier molecular flexibility index (Phi) is 4.27. The van der Waals surface area contributed by atoms with Crippen LogP contribution in [-0.2, 0) is 6.54 Å². The van der Waals surface area contributed by atoms with Crippen molar-refractivity contribution in [3.05, 3.63) is 35.4 Å². The molecule has 2 fully saturated rings. The molecule has 0 aromatic heterocycles. The van der Waals surface area contributed by atoms with Crippen molar-refractivity contribution < 1.29 is 8.78 Å². The van der Waals surface area contributed by atoms with E-state index in [1.807, 2.05) is 0 Å². The number of nitrogens with one attached hydrogen (secondary N) is 1. The molecule has 1 heterocycles. The van der Waals surface area contributed by atoms with Crippen LogP contribution >= 0.6 is 0 Å². The SMILES string of the molecule is CCC1CNC2(CCCC2)CN1Cc1cc(F)ccc1F. The molecule has 1 saturated heterocycles. The molecule has 0 bridgehead atoms. The molecule has 1 spiro atoms. The van der Waals surface area contributed by atoms with Crippen LogP contribution < -0.4 is 5.32 Å². The normalized spacial score (nSPS) is 25.6. The minimum Gasteiger partial charge on any atom is -0.308 e. The molecule has 116 valence electrons. The predicted octanol–water partition coefficient (Wildman–Crippen LogP) is 3.46. The van der Waals surface area contributed by atoms with Gasteiger partial charge in [0.25, 0.3) is 0 Å². The fourth-order valence-electron chi connectivity index (χ4n) is 3.89. The second-order valence-corrected chi connectivity index (χ2v) is 6.57. The minimum atomic E-state index is -0.356. The van der Waals surface area contributed by atoms with Crippen molar-refractivity contribution in [2.45, 2.75) is 57.2 Å². The summed E-state index contributed by atoms with van der Waals surface area (Å²) < 4.78 is 27.3. The first-order chi connectivity index (χ1) is 10.1. The van der Waals surface area contributed by atoms with Gasteiger partial charge in [0.1, 0.15) is 11.6 Å². The highest BCUT2D eigenvalue weighted by atomic mass is 19.1.